The van der Waals surface area contributed by atoms with Crippen molar-refractivity contribution in [2.75, 3.05) is 0 Å². The van der Waals surface area contributed by atoms with Crippen molar-refractivity contribution in [1.29, 1.82) is 0 Å². The van der Waals surface area contributed by atoms with Gasteiger partial charge in [-0.1, -0.05) is 77.7 Å². The highest BCUT2D eigenvalue weighted by molar-refractivity contribution is 5.18. The minimum atomic E-state index is 0.779. The van der Waals surface area contributed by atoms with Crippen LogP contribution < -0.4 is 0 Å². The van der Waals surface area contributed by atoms with Gasteiger partial charge in [0.15, 0.2) is 0 Å². The van der Waals surface area contributed by atoms with E-state index in [1.54, 1.807) is 5.57 Å². The average Bonchev–Trinajstić information content (AvgIpc) is 2.98. The van der Waals surface area contributed by atoms with Crippen molar-refractivity contribution in [2.45, 2.75) is 86.0 Å². The Morgan fingerprint density at radius 1 is 1.13 bits per heavy atom. The number of allylic oxidation sites excluding steroid dienone is 4. The van der Waals surface area contributed by atoms with Crippen LogP contribution in [0.2, 0.25) is 0 Å². The Morgan fingerprint density at radius 2 is 1.91 bits per heavy atom. The van der Waals surface area contributed by atoms with E-state index in [4.69, 9.17) is 0 Å². The Balaban J connectivity index is 1.83. The third kappa shape index (κ3) is 5.50. The van der Waals surface area contributed by atoms with Gasteiger partial charge in [-0.2, -0.15) is 0 Å². The van der Waals surface area contributed by atoms with E-state index in [1.165, 1.54) is 51.4 Å². The average molecular weight is 317 g/mol. The van der Waals surface area contributed by atoms with Crippen LogP contribution in [0.4, 0.5) is 0 Å². The van der Waals surface area contributed by atoms with Crippen LogP contribution >= 0.6 is 0 Å². The van der Waals surface area contributed by atoms with Gasteiger partial charge in [0, 0.05) is 0 Å². The van der Waals surface area contributed by atoms with E-state index >= 15 is 0 Å². The molecule has 0 aromatic carbocycles. The smallest absolute Gasteiger partial charge is 0.0203 e. The minimum absolute atomic E-state index is 0.779. The van der Waals surface area contributed by atoms with Crippen LogP contribution in [0.3, 0.4) is 0 Å². The molecule has 0 saturated heterocycles. The zero-order valence-electron chi connectivity index (χ0n) is 16.4. The third-order valence-electron chi connectivity index (χ3n) is 6.82. The molecule has 2 fully saturated rings. The van der Waals surface area contributed by atoms with Gasteiger partial charge >= 0.3 is 0 Å². The molecule has 2 aliphatic carbocycles. The SMILES string of the molecule is CCCCC(C)C1CCC(/C=C\C=C2\CC(C)CC(C)C2C)C1. The Labute approximate surface area is 145 Å². The Morgan fingerprint density at radius 3 is 2.65 bits per heavy atom. The number of rotatable bonds is 6. The molecule has 0 N–H and O–H groups in total. The summed E-state index contributed by atoms with van der Waals surface area (Å²) in [6.07, 6.45) is 18.6. The highest BCUT2D eigenvalue weighted by Crippen LogP contribution is 2.39. The van der Waals surface area contributed by atoms with Crippen LogP contribution in [0, 0.1) is 35.5 Å². The molecule has 6 atom stereocenters. The molecule has 132 valence electrons. The van der Waals surface area contributed by atoms with Crippen molar-refractivity contribution in [1.82, 2.24) is 0 Å². The largest absolute Gasteiger partial charge is 0.0814 e. The zero-order valence-corrected chi connectivity index (χ0v) is 16.4. The third-order valence-corrected chi connectivity index (χ3v) is 6.82. The summed E-state index contributed by atoms with van der Waals surface area (Å²) in [6, 6.07) is 0. The second-order valence-corrected chi connectivity index (χ2v) is 8.89. The van der Waals surface area contributed by atoms with Crippen LogP contribution in [-0.2, 0) is 0 Å². The van der Waals surface area contributed by atoms with Crippen LogP contribution in [0.15, 0.2) is 23.8 Å². The van der Waals surface area contributed by atoms with E-state index in [1.807, 2.05) is 0 Å². The fourth-order valence-electron chi connectivity index (χ4n) is 4.94. The molecule has 0 nitrogen and oxygen atoms in total. The van der Waals surface area contributed by atoms with E-state index < -0.39 is 0 Å². The van der Waals surface area contributed by atoms with Crippen molar-refractivity contribution in [3.8, 4) is 0 Å². The lowest BCUT2D eigenvalue weighted by Crippen LogP contribution is -2.21. The molecule has 0 bridgehead atoms. The molecule has 2 aliphatic rings. The van der Waals surface area contributed by atoms with Crippen LogP contribution in [0.5, 0.6) is 0 Å². The summed E-state index contributed by atoms with van der Waals surface area (Å²) in [6.45, 7) is 12.1. The first-order valence-electron chi connectivity index (χ1n) is 10.4. The molecule has 0 amide bonds. The monoisotopic (exact) mass is 316 g/mol. The molecule has 0 heterocycles. The summed E-state index contributed by atoms with van der Waals surface area (Å²) in [5.74, 6) is 5.27. The standard InChI is InChI=1S/C23H40/c1-6-7-9-18(3)22-13-12-21(16-22)10-8-11-23-15-17(2)14-19(4)20(23)5/h8,10-11,17-22H,6-7,9,12-16H2,1-5H3/b10-8-,23-11-. The highest BCUT2D eigenvalue weighted by Gasteiger charge is 2.27. The molecule has 23 heavy (non-hydrogen) atoms. The van der Waals surface area contributed by atoms with Crippen molar-refractivity contribution >= 4 is 0 Å². The van der Waals surface area contributed by atoms with E-state index in [2.05, 4.69) is 52.8 Å². The summed E-state index contributed by atoms with van der Waals surface area (Å²) >= 11 is 0. The first-order valence-corrected chi connectivity index (χ1v) is 10.4. The molecule has 0 aromatic rings. The van der Waals surface area contributed by atoms with Crippen LogP contribution in [0.1, 0.15) is 86.0 Å². The predicted molar refractivity (Wildman–Crippen MR) is 103 cm³/mol. The zero-order chi connectivity index (χ0) is 16.8. The number of hydrogen-bond donors (Lipinski definition) is 0. The van der Waals surface area contributed by atoms with Crippen molar-refractivity contribution < 1.29 is 0 Å². The molecular weight excluding hydrogens is 276 g/mol. The van der Waals surface area contributed by atoms with Crippen molar-refractivity contribution in [3.63, 3.8) is 0 Å². The molecular formula is C23H40. The number of hydrogen-bond acceptors (Lipinski definition) is 0. The maximum Gasteiger partial charge on any atom is -0.0203 e. The topological polar surface area (TPSA) is 0 Å². The first kappa shape index (κ1) is 18.8. The van der Waals surface area contributed by atoms with Crippen molar-refractivity contribution in [3.05, 3.63) is 23.8 Å². The summed E-state index contributed by atoms with van der Waals surface area (Å²) < 4.78 is 0. The van der Waals surface area contributed by atoms with Crippen LogP contribution in [0.25, 0.3) is 0 Å². The molecule has 0 aromatic heterocycles. The van der Waals surface area contributed by atoms with Crippen LogP contribution in [-0.4, -0.2) is 0 Å². The summed E-state index contributed by atoms with van der Waals surface area (Å²) in [5, 5.41) is 0. The molecule has 6 unspecified atom stereocenters. The lowest BCUT2D eigenvalue weighted by molar-refractivity contribution is 0.285. The van der Waals surface area contributed by atoms with E-state index in [9.17, 15) is 0 Å². The van der Waals surface area contributed by atoms with Gasteiger partial charge in [0.25, 0.3) is 0 Å². The molecule has 2 saturated carbocycles. The lowest BCUT2D eigenvalue weighted by atomic mass is 9.73. The van der Waals surface area contributed by atoms with E-state index in [0.29, 0.717) is 0 Å². The molecule has 0 heteroatoms. The fraction of sp³-hybridized carbons (Fsp3) is 0.826. The van der Waals surface area contributed by atoms with Gasteiger partial charge in [-0.05, 0) is 67.6 Å². The van der Waals surface area contributed by atoms with Gasteiger partial charge in [-0.15, -0.1) is 0 Å². The molecule has 0 spiro atoms. The second kappa shape index (κ2) is 9.09. The fourth-order valence-corrected chi connectivity index (χ4v) is 4.94. The second-order valence-electron chi connectivity index (χ2n) is 8.89. The van der Waals surface area contributed by atoms with Gasteiger partial charge in [0.2, 0.25) is 0 Å². The Bertz CT molecular complexity index is 402. The van der Waals surface area contributed by atoms with Crippen molar-refractivity contribution in [2.24, 2.45) is 35.5 Å². The molecule has 0 aliphatic heterocycles. The summed E-state index contributed by atoms with van der Waals surface area (Å²) in [5.41, 5.74) is 1.69. The maximum absolute atomic E-state index is 2.52. The normalized spacial score (nSPS) is 38.5. The first-order chi connectivity index (χ1) is 11.0. The molecule has 2 rings (SSSR count). The molecule has 0 radical (unpaired) electrons. The van der Waals surface area contributed by atoms with Gasteiger partial charge in [-0.25, -0.2) is 0 Å². The summed E-state index contributed by atoms with van der Waals surface area (Å²) in [4.78, 5) is 0. The highest BCUT2D eigenvalue weighted by atomic mass is 14.3. The summed E-state index contributed by atoms with van der Waals surface area (Å²) in [7, 11) is 0. The number of unbranched alkanes of at least 4 members (excludes halogenated alkanes) is 1. The van der Waals surface area contributed by atoms with Gasteiger partial charge in [-0.3, -0.25) is 0 Å². The van der Waals surface area contributed by atoms with Gasteiger partial charge in [0.05, 0.1) is 0 Å². The quantitative estimate of drug-likeness (QED) is 0.478. The Kier molecular flexibility index (Phi) is 7.44. The maximum atomic E-state index is 2.52. The van der Waals surface area contributed by atoms with E-state index in [-0.39, 0.29) is 0 Å². The predicted octanol–water partition coefficient (Wildman–Crippen LogP) is 7.41. The lowest BCUT2D eigenvalue weighted by Gasteiger charge is -2.32. The van der Waals surface area contributed by atoms with Gasteiger partial charge in [0.1, 0.15) is 0 Å². The van der Waals surface area contributed by atoms with E-state index in [0.717, 1.165) is 35.5 Å². The minimum Gasteiger partial charge on any atom is -0.0814 e. The van der Waals surface area contributed by atoms with Gasteiger partial charge < -0.3 is 0 Å². The Hall–Kier alpha value is -0.520.